The van der Waals surface area contributed by atoms with Crippen molar-refractivity contribution in [1.82, 2.24) is 9.88 Å². The molecule has 1 saturated heterocycles. The van der Waals surface area contributed by atoms with Crippen molar-refractivity contribution in [3.05, 3.63) is 66.7 Å². The monoisotopic (exact) mass is 685 g/mol. The molecule has 0 radical (unpaired) electrons. The first-order valence-corrected chi connectivity index (χ1v) is 20.2. The Kier molecular flexibility index (Phi) is 8.04. The van der Waals surface area contributed by atoms with Gasteiger partial charge in [-0.3, -0.25) is 4.57 Å². The van der Waals surface area contributed by atoms with Crippen LogP contribution in [0.1, 0.15) is 77.0 Å². The van der Waals surface area contributed by atoms with Gasteiger partial charge in [-0.2, -0.15) is 0 Å². The second-order valence-electron chi connectivity index (χ2n) is 16.8. The number of piperazine rings is 1. The molecule has 6 nitrogen and oxygen atoms in total. The molecule has 268 valence electrons. The third-order valence-corrected chi connectivity index (χ3v) is 14.8. The van der Waals surface area contributed by atoms with Crippen LogP contribution in [0.2, 0.25) is 0 Å². The molecule has 10 atom stereocenters. The molecule has 10 rings (SSSR count). The Bertz CT molecular complexity index is 1880. The second kappa shape index (κ2) is 12.8. The third-order valence-electron chi connectivity index (χ3n) is 14.8. The van der Waals surface area contributed by atoms with Crippen LogP contribution in [0.25, 0.3) is 27.7 Å². The molecular weight excluding hydrogens is 631 g/mol. The topological polar surface area (TPSA) is 47.9 Å². The fourth-order valence-corrected chi connectivity index (χ4v) is 13.0. The predicted octanol–water partition coefficient (Wildman–Crippen LogP) is 9.65. The SMILES string of the molecule is COc1ccc(-c2c(N3C4CCCCC4NC4C5CCCC6CCC7CCCC(C7C65)C43)n(-c3ccc(OC)cc3)c3ccc(OC)cc23)cc1. The zero-order chi connectivity index (χ0) is 34.2. The number of nitrogens with one attached hydrogen (secondary N) is 1. The van der Waals surface area contributed by atoms with Crippen LogP contribution in [0.15, 0.2) is 66.7 Å². The smallest absolute Gasteiger partial charge is 0.122 e. The number of hydrogen-bond acceptors (Lipinski definition) is 5. The van der Waals surface area contributed by atoms with Gasteiger partial charge in [0.1, 0.15) is 23.1 Å². The van der Waals surface area contributed by atoms with Gasteiger partial charge in [0.05, 0.1) is 26.8 Å². The highest BCUT2D eigenvalue weighted by Crippen LogP contribution is 2.62. The third kappa shape index (κ3) is 4.98. The maximum atomic E-state index is 5.94. The maximum Gasteiger partial charge on any atom is 0.122 e. The molecule has 1 aromatic heterocycles. The van der Waals surface area contributed by atoms with Crippen LogP contribution in [-0.4, -0.2) is 50.1 Å². The van der Waals surface area contributed by atoms with E-state index in [0.717, 1.165) is 52.8 Å². The van der Waals surface area contributed by atoms with Gasteiger partial charge < -0.3 is 24.4 Å². The van der Waals surface area contributed by atoms with Crippen molar-refractivity contribution in [2.45, 2.75) is 101 Å². The fraction of sp³-hybridized carbons (Fsp3) is 0.556. The summed E-state index contributed by atoms with van der Waals surface area (Å²) >= 11 is 0. The summed E-state index contributed by atoms with van der Waals surface area (Å²) in [5, 5.41) is 5.79. The van der Waals surface area contributed by atoms with E-state index in [4.69, 9.17) is 14.2 Å². The number of methoxy groups -OCH3 is 3. The zero-order valence-corrected chi connectivity index (χ0v) is 30.7. The lowest BCUT2D eigenvalue weighted by atomic mass is 9.45. The summed E-state index contributed by atoms with van der Waals surface area (Å²) in [5.41, 5.74) is 4.99. The van der Waals surface area contributed by atoms with Crippen molar-refractivity contribution >= 4 is 16.7 Å². The Labute approximate surface area is 303 Å². The maximum absolute atomic E-state index is 5.94. The number of fused-ring (bicyclic) bond motifs is 5. The van der Waals surface area contributed by atoms with E-state index >= 15 is 0 Å². The number of aromatic nitrogens is 1. The molecule has 1 aliphatic heterocycles. The largest absolute Gasteiger partial charge is 0.497 e. The van der Waals surface area contributed by atoms with Gasteiger partial charge >= 0.3 is 0 Å². The molecule has 6 fully saturated rings. The number of ether oxygens (including phenoxy) is 3. The van der Waals surface area contributed by atoms with Crippen molar-refractivity contribution in [2.75, 3.05) is 26.2 Å². The van der Waals surface area contributed by atoms with E-state index < -0.39 is 0 Å². The molecular formula is C45H55N3O3. The van der Waals surface area contributed by atoms with E-state index in [1.165, 1.54) is 111 Å². The van der Waals surface area contributed by atoms with Crippen molar-refractivity contribution in [3.8, 4) is 34.1 Å². The number of rotatable bonds is 6. The Morgan fingerprint density at radius 3 is 1.94 bits per heavy atom. The molecule has 6 heteroatoms. The van der Waals surface area contributed by atoms with Crippen molar-refractivity contribution in [1.29, 1.82) is 0 Å². The number of hydrogen-bond donors (Lipinski definition) is 1. The van der Waals surface area contributed by atoms with E-state index in [1.807, 2.05) is 0 Å². The molecule has 0 spiro atoms. The fourth-order valence-electron chi connectivity index (χ4n) is 13.0. The molecule has 2 heterocycles. The van der Waals surface area contributed by atoms with Gasteiger partial charge in [0, 0.05) is 40.8 Å². The molecule has 51 heavy (non-hydrogen) atoms. The van der Waals surface area contributed by atoms with Gasteiger partial charge in [0.25, 0.3) is 0 Å². The van der Waals surface area contributed by atoms with Gasteiger partial charge in [-0.25, -0.2) is 0 Å². The molecule has 0 amide bonds. The van der Waals surface area contributed by atoms with Crippen molar-refractivity contribution in [2.24, 2.45) is 35.5 Å². The number of benzene rings is 3. The Morgan fingerprint density at radius 2 is 1.24 bits per heavy atom. The standard InChI is InChI=1S/C45H55N3O3/c1-49-31-20-16-29(17-21-31)42-36-26-33(51-3)24-25-38(36)47(30-18-22-32(50-2)23-19-30)45(42)48-39-13-5-4-12-37(39)46-43-34-10-6-8-27-14-15-28-9-7-11-35(44(43)48)41(28)40(27)34/h16-28,34-35,37,39-41,43-44,46H,4-15H2,1-3H3. The Balaban J connectivity index is 1.26. The highest BCUT2D eigenvalue weighted by atomic mass is 16.5. The number of nitrogens with zero attached hydrogens (tertiary/aromatic N) is 2. The Hall–Kier alpha value is -3.64. The average molecular weight is 686 g/mol. The van der Waals surface area contributed by atoms with Crippen LogP contribution < -0.4 is 24.4 Å². The molecule has 0 bridgehead atoms. The summed E-state index contributed by atoms with van der Waals surface area (Å²) in [6.45, 7) is 0. The Morgan fingerprint density at radius 1 is 0.608 bits per heavy atom. The lowest BCUT2D eigenvalue weighted by Gasteiger charge is -2.67. The molecule has 6 aliphatic rings. The first-order valence-electron chi connectivity index (χ1n) is 20.2. The van der Waals surface area contributed by atoms with E-state index in [2.05, 4.69) is 81.5 Å². The van der Waals surface area contributed by atoms with Gasteiger partial charge in [-0.15, -0.1) is 0 Å². The summed E-state index contributed by atoms with van der Waals surface area (Å²) in [4.78, 5) is 3.10. The van der Waals surface area contributed by atoms with Gasteiger partial charge in [-0.05, 0) is 134 Å². The minimum atomic E-state index is 0.458. The van der Waals surface area contributed by atoms with Crippen LogP contribution in [0.5, 0.6) is 17.2 Å². The van der Waals surface area contributed by atoms with E-state index in [1.54, 1.807) is 21.3 Å². The van der Waals surface area contributed by atoms with Crippen molar-refractivity contribution < 1.29 is 14.2 Å². The molecule has 10 unspecified atom stereocenters. The molecule has 5 saturated carbocycles. The normalized spacial score (nSPS) is 33.9. The van der Waals surface area contributed by atoms with E-state index in [0.29, 0.717) is 24.2 Å². The molecule has 3 aromatic carbocycles. The van der Waals surface area contributed by atoms with Crippen LogP contribution in [0.3, 0.4) is 0 Å². The van der Waals surface area contributed by atoms with Crippen LogP contribution in [0, 0.1) is 35.5 Å². The summed E-state index contributed by atoms with van der Waals surface area (Å²) < 4.78 is 19.9. The predicted molar refractivity (Wildman–Crippen MR) is 205 cm³/mol. The summed E-state index contributed by atoms with van der Waals surface area (Å²) in [6, 6.07) is 26.4. The van der Waals surface area contributed by atoms with Crippen LogP contribution in [-0.2, 0) is 0 Å². The highest BCUT2D eigenvalue weighted by Gasteiger charge is 2.62. The summed E-state index contributed by atoms with van der Waals surface area (Å²) in [6.07, 6.45) is 16.6. The van der Waals surface area contributed by atoms with E-state index in [-0.39, 0.29) is 0 Å². The second-order valence-corrected chi connectivity index (χ2v) is 16.8. The summed E-state index contributed by atoms with van der Waals surface area (Å²) in [5.74, 6) is 9.21. The summed E-state index contributed by atoms with van der Waals surface area (Å²) in [7, 11) is 5.32. The lowest BCUT2D eigenvalue weighted by Crippen LogP contribution is -2.76. The molecule has 1 N–H and O–H groups in total. The zero-order valence-electron chi connectivity index (χ0n) is 30.7. The van der Waals surface area contributed by atoms with Gasteiger partial charge in [0.2, 0.25) is 0 Å². The van der Waals surface area contributed by atoms with E-state index in [9.17, 15) is 0 Å². The minimum Gasteiger partial charge on any atom is -0.497 e. The van der Waals surface area contributed by atoms with Crippen molar-refractivity contribution in [3.63, 3.8) is 0 Å². The minimum absolute atomic E-state index is 0.458. The average Bonchev–Trinajstić information content (AvgIpc) is 3.53. The highest BCUT2D eigenvalue weighted by molar-refractivity contribution is 6.05. The molecule has 5 aliphatic carbocycles. The van der Waals surface area contributed by atoms with Gasteiger partial charge in [-0.1, -0.05) is 50.7 Å². The molecule has 4 aromatic rings. The first-order chi connectivity index (χ1) is 25.2. The number of anilines is 1. The van der Waals surface area contributed by atoms with Crippen LogP contribution >= 0.6 is 0 Å². The first kappa shape index (κ1) is 32.0. The van der Waals surface area contributed by atoms with Crippen LogP contribution in [0.4, 0.5) is 5.82 Å². The van der Waals surface area contributed by atoms with Gasteiger partial charge in [0.15, 0.2) is 0 Å². The quantitative estimate of drug-likeness (QED) is 0.219. The lowest BCUT2D eigenvalue weighted by molar-refractivity contribution is -0.111.